The van der Waals surface area contributed by atoms with E-state index in [9.17, 15) is 0 Å². The van der Waals surface area contributed by atoms with E-state index in [1.165, 1.54) is 5.56 Å². The molecule has 0 saturated heterocycles. The van der Waals surface area contributed by atoms with Crippen LogP contribution in [0, 0.1) is 52.4 Å². The third kappa shape index (κ3) is 7.91. The molecule has 1 rings (SSSR count). The van der Waals surface area contributed by atoms with Crippen LogP contribution >= 0.6 is 0 Å². The third-order valence-electron chi connectivity index (χ3n) is 1.08. The van der Waals surface area contributed by atoms with Crippen molar-refractivity contribution in [2.24, 2.45) is 0 Å². The Morgan fingerprint density at radius 1 is 1.33 bits per heavy atom. The van der Waals surface area contributed by atoms with Crippen LogP contribution in [0.4, 0.5) is 0 Å². The zero-order valence-electron chi connectivity index (χ0n) is 7.50. The molecule has 0 amide bonds. The van der Waals surface area contributed by atoms with E-state index in [4.69, 9.17) is 4.79 Å². The van der Waals surface area contributed by atoms with Gasteiger partial charge in [-0.2, -0.15) is 24.6 Å². The monoisotopic (exact) mass is 387 g/mol. The molecule has 1 aromatic rings. The predicted molar refractivity (Wildman–Crippen MR) is 48.8 cm³/mol. The summed E-state index contributed by atoms with van der Waals surface area (Å²) in [6.07, 6.45) is 0. The molecule has 1 radical (unpaired) electrons. The van der Waals surface area contributed by atoms with Crippen molar-refractivity contribution in [2.45, 2.75) is 6.92 Å². The molecule has 0 spiro atoms. The van der Waals surface area contributed by atoms with Gasteiger partial charge in [0, 0.05) is 0 Å². The molecule has 1 nitrogen and oxygen atoms in total. The van der Waals surface area contributed by atoms with Crippen LogP contribution in [0.25, 0.3) is 0 Å². The van der Waals surface area contributed by atoms with E-state index in [0.29, 0.717) is 0 Å². The molecule has 12 heavy (non-hydrogen) atoms. The van der Waals surface area contributed by atoms with E-state index in [2.05, 4.69) is 32.8 Å². The maximum atomic E-state index is 7.75. The van der Waals surface area contributed by atoms with Crippen LogP contribution in [0.5, 0.6) is 0 Å². The van der Waals surface area contributed by atoms with Gasteiger partial charge in [0.25, 0.3) is 0 Å². The first kappa shape index (κ1) is 17.8. The Morgan fingerprint density at radius 3 is 2.08 bits per heavy atom. The summed E-state index contributed by atoms with van der Waals surface area (Å²) in [5.41, 5.74) is 2.36. The van der Waals surface area contributed by atoms with Crippen LogP contribution < -0.4 is 0 Å². The molecule has 0 heterocycles. The molecule has 0 aromatic heterocycles. The van der Waals surface area contributed by atoms with E-state index in [1.54, 1.807) is 0 Å². The zero-order chi connectivity index (χ0) is 7.98. The molecular weight excluding hydrogens is 374 g/mol. The van der Waals surface area contributed by atoms with Gasteiger partial charge in [-0.25, -0.2) is 0 Å². The Kier molecular flexibility index (Phi) is 16.0. The van der Waals surface area contributed by atoms with Crippen molar-refractivity contribution in [3.05, 3.63) is 49.7 Å². The molecule has 2 heteroatoms. The fraction of sp³-hybridized carbons (Fsp3) is 0.100. The minimum atomic E-state index is 0. The molecular formula is C10H13OU. The first-order chi connectivity index (χ1) is 4.79. The van der Waals surface area contributed by atoms with Gasteiger partial charge >= 0.3 is 31.1 Å². The van der Waals surface area contributed by atoms with Crippen molar-refractivity contribution < 1.29 is 35.9 Å². The fourth-order valence-corrected chi connectivity index (χ4v) is 0.712. The molecule has 0 atom stereocenters. The van der Waals surface area contributed by atoms with Gasteiger partial charge in [-0.3, -0.25) is 6.79 Å². The standard InChI is InChI=1S/C8H9.CHO.CH3.U/c1-7-4-3-5-8(2)6-7;1-2;;/h3-6H,1H2,2H3;1H;1H3;/q3*-1;+3. The molecule has 0 aliphatic carbocycles. The smallest absolute Gasteiger partial charge is 0.545 e. The van der Waals surface area contributed by atoms with Gasteiger partial charge in [0.2, 0.25) is 0 Å². The van der Waals surface area contributed by atoms with Crippen LogP contribution in [-0.4, -0.2) is 6.79 Å². The molecule has 0 bridgehead atoms. The Morgan fingerprint density at radius 2 is 1.83 bits per heavy atom. The Hall–Kier alpha value is -0.188. The molecule has 0 aliphatic rings. The molecule has 63 valence electrons. The summed E-state index contributed by atoms with van der Waals surface area (Å²) in [6, 6.07) is 8.12. The van der Waals surface area contributed by atoms with Crippen molar-refractivity contribution in [3.63, 3.8) is 0 Å². The minimum absolute atomic E-state index is 0. The largest absolute Gasteiger partial charge is 3.00 e. The molecule has 0 N–H and O–H groups in total. The topological polar surface area (TPSA) is 17.1 Å². The molecule has 0 unspecified atom stereocenters. The number of carbonyl (C=O) groups excluding carboxylic acids is 1. The van der Waals surface area contributed by atoms with Crippen molar-refractivity contribution in [1.82, 2.24) is 0 Å². The van der Waals surface area contributed by atoms with E-state index < -0.39 is 0 Å². The Bertz CT molecular complexity index is 182. The average Bonchev–Trinajstić information content (AvgIpc) is 1.91. The number of aryl methyl sites for hydroxylation is 1. The van der Waals surface area contributed by atoms with E-state index in [0.717, 1.165) is 5.56 Å². The van der Waals surface area contributed by atoms with Gasteiger partial charge in [-0.05, 0) is 0 Å². The maximum Gasteiger partial charge on any atom is 3.00 e. The summed E-state index contributed by atoms with van der Waals surface area (Å²) >= 11 is 0. The summed E-state index contributed by atoms with van der Waals surface area (Å²) in [5, 5.41) is 0. The van der Waals surface area contributed by atoms with Gasteiger partial charge in [-0.15, -0.1) is 11.6 Å². The van der Waals surface area contributed by atoms with Crippen molar-refractivity contribution >= 4 is 6.79 Å². The van der Waals surface area contributed by atoms with Gasteiger partial charge < -0.3 is 12.2 Å². The SMILES string of the molecule is [CH-]=O.[CH2-]c1cccc(C)c1.[CH3-].[U+3]. The third-order valence-corrected chi connectivity index (χ3v) is 1.08. The van der Waals surface area contributed by atoms with Crippen LogP contribution in [0.15, 0.2) is 24.3 Å². The Balaban J connectivity index is -0.000000189. The van der Waals surface area contributed by atoms with Crippen molar-refractivity contribution in [3.8, 4) is 0 Å². The first-order valence-corrected chi connectivity index (χ1v) is 2.91. The fourth-order valence-electron chi connectivity index (χ4n) is 0.712. The van der Waals surface area contributed by atoms with Gasteiger partial charge in [0.05, 0.1) is 0 Å². The van der Waals surface area contributed by atoms with Crippen molar-refractivity contribution in [1.29, 1.82) is 0 Å². The molecule has 1 aromatic carbocycles. The van der Waals surface area contributed by atoms with Gasteiger partial charge in [0.15, 0.2) is 0 Å². The van der Waals surface area contributed by atoms with E-state index in [1.807, 2.05) is 12.1 Å². The summed E-state index contributed by atoms with van der Waals surface area (Å²) in [7, 11) is 0. The van der Waals surface area contributed by atoms with Gasteiger partial charge in [-0.1, -0.05) is 13.0 Å². The summed E-state index contributed by atoms with van der Waals surface area (Å²) < 4.78 is 0. The zero-order valence-corrected chi connectivity index (χ0v) is 11.7. The molecule has 0 fully saturated rings. The van der Waals surface area contributed by atoms with E-state index in [-0.39, 0.29) is 38.5 Å². The van der Waals surface area contributed by atoms with Crippen LogP contribution in [0.1, 0.15) is 11.1 Å². The van der Waals surface area contributed by atoms with Crippen LogP contribution in [0.2, 0.25) is 0 Å². The number of hydrogen-bond acceptors (Lipinski definition) is 1. The summed E-state index contributed by atoms with van der Waals surface area (Å²) in [5.74, 6) is 0. The maximum absolute atomic E-state index is 7.75. The predicted octanol–water partition coefficient (Wildman–Crippen LogP) is 2.35. The second kappa shape index (κ2) is 10.8. The first-order valence-electron chi connectivity index (χ1n) is 2.91. The normalized spacial score (nSPS) is 6.42. The number of rotatable bonds is 0. The average molecular weight is 387 g/mol. The quantitative estimate of drug-likeness (QED) is 0.494. The molecule has 0 saturated carbocycles. The second-order valence-electron chi connectivity index (χ2n) is 1.99. The summed E-state index contributed by atoms with van der Waals surface area (Å²) in [6.45, 7) is 9.10. The minimum Gasteiger partial charge on any atom is -0.545 e. The summed E-state index contributed by atoms with van der Waals surface area (Å²) in [4.78, 5) is 7.75. The Labute approximate surface area is 98.9 Å². The van der Waals surface area contributed by atoms with Gasteiger partial charge in [0.1, 0.15) is 0 Å². The van der Waals surface area contributed by atoms with Crippen molar-refractivity contribution in [2.75, 3.05) is 0 Å². The van der Waals surface area contributed by atoms with Crippen LogP contribution in [0.3, 0.4) is 0 Å². The number of benzene rings is 1. The van der Waals surface area contributed by atoms with Crippen LogP contribution in [-0.2, 0) is 4.79 Å². The molecule has 0 aliphatic heterocycles. The number of hydrogen-bond donors (Lipinski definition) is 0. The van der Waals surface area contributed by atoms with E-state index >= 15 is 0 Å². The second-order valence-corrected chi connectivity index (χ2v) is 1.99.